The van der Waals surface area contributed by atoms with Crippen LogP contribution in [0.5, 0.6) is 0 Å². The third kappa shape index (κ3) is 3.76. The van der Waals surface area contributed by atoms with Gasteiger partial charge >= 0.3 is 0 Å². The van der Waals surface area contributed by atoms with Gasteiger partial charge in [-0.2, -0.15) is 10.4 Å². The summed E-state index contributed by atoms with van der Waals surface area (Å²) in [5.41, 5.74) is 1.14. The van der Waals surface area contributed by atoms with E-state index in [-0.39, 0.29) is 11.5 Å². The Labute approximate surface area is 199 Å². The molecular formula is C28H43N3O2. The van der Waals surface area contributed by atoms with Gasteiger partial charge in [-0.3, -0.25) is 4.68 Å². The van der Waals surface area contributed by atoms with Crippen LogP contribution in [0, 0.1) is 63.6 Å². The van der Waals surface area contributed by atoms with Crippen molar-refractivity contribution in [2.24, 2.45) is 52.3 Å². The molecule has 0 bridgehead atoms. The first-order valence-electron chi connectivity index (χ1n) is 13.4. The third-order valence-corrected chi connectivity index (χ3v) is 11.1. The Balaban J connectivity index is 1.34. The van der Waals surface area contributed by atoms with Crippen molar-refractivity contribution in [2.75, 3.05) is 13.7 Å². The van der Waals surface area contributed by atoms with Gasteiger partial charge in [0, 0.05) is 26.5 Å². The number of ether oxygens (including phenoxy) is 1. The largest absolute Gasteiger partial charge is 0.393 e. The second-order valence-corrected chi connectivity index (χ2v) is 12.7. The summed E-state index contributed by atoms with van der Waals surface area (Å²) in [5.74, 6) is 4.43. The lowest BCUT2D eigenvalue weighted by atomic mass is 9.43. The van der Waals surface area contributed by atoms with Gasteiger partial charge < -0.3 is 9.84 Å². The first kappa shape index (κ1) is 23.4. The second-order valence-electron chi connectivity index (χ2n) is 12.7. The SMILES string of the molecule is COC[C@H]1CC[C@]2(C)C3[C@@H](CC[C@@H]2C1)C1CCC([C@H](C)Cn2cc(C#N)cn2)[C@@]1(C)C[C@@H]3O. The molecule has 1 N–H and O–H groups in total. The van der Waals surface area contributed by atoms with Crippen LogP contribution >= 0.6 is 0 Å². The fourth-order valence-electron chi connectivity index (χ4n) is 9.78. The first-order chi connectivity index (χ1) is 15.8. The Morgan fingerprint density at radius 3 is 2.79 bits per heavy atom. The van der Waals surface area contributed by atoms with Crippen LogP contribution in [0.15, 0.2) is 12.4 Å². The quantitative estimate of drug-likeness (QED) is 0.658. The van der Waals surface area contributed by atoms with E-state index in [4.69, 9.17) is 10.00 Å². The van der Waals surface area contributed by atoms with E-state index < -0.39 is 0 Å². The zero-order valence-electron chi connectivity index (χ0n) is 21.0. The molecular weight excluding hydrogens is 410 g/mol. The highest BCUT2D eigenvalue weighted by Crippen LogP contribution is 2.68. The van der Waals surface area contributed by atoms with E-state index in [1.165, 1.54) is 44.9 Å². The zero-order valence-corrected chi connectivity index (χ0v) is 21.0. The van der Waals surface area contributed by atoms with E-state index >= 15 is 0 Å². The van der Waals surface area contributed by atoms with E-state index in [9.17, 15) is 5.11 Å². The van der Waals surface area contributed by atoms with Crippen molar-refractivity contribution in [3.05, 3.63) is 18.0 Å². The standard InChI is InChI=1S/C28H43N3O2/c1-18(15-31-16-20(13-29)14-30-31)23-7-8-24-22-6-5-21-11-19(17-33-4)9-10-27(21,2)26(22)25(32)12-28(23,24)3/h14,16,18-19,21-26,32H,5-12,15,17H2,1-4H3/t18-,19+,21-,22+,23?,24?,25+,26?,27+,28-/m1/s1. The fourth-order valence-corrected chi connectivity index (χ4v) is 9.78. The molecule has 4 fully saturated rings. The highest BCUT2D eigenvalue weighted by atomic mass is 16.5. The summed E-state index contributed by atoms with van der Waals surface area (Å²) in [7, 11) is 1.84. The zero-order chi connectivity index (χ0) is 23.4. The normalized spacial score (nSPS) is 45.5. The lowest BCUT2D eigenvalue weighted by Gasteiger charge is -2.63. The van der Waals surface area contributed by atoms with Crippen LogP contribution in [0.4, 0.5) is 0 Å². The average molecular weight is 454 g/mol. The molecule has 1 heterocycles. The summed E-state index contributed by atoms with van der Waals surface area (Å²) in [6, 6.07) is 2.19. The van der Waals surface area contributed by atoms with Gasteiger partial charge in [0.25, 0.3) is 0 Å². The summed E-state index contributed by atoms with van der Waals surface area (Å²) in [6.07, 6.45) is 13.3. The fraction of sp³-hybridized carbons (Fsp3) is 0.857. The molecule has 4 saturated carbocycles. The maximum absolute atomic E-state index is 11.7. The first-order valence-corrected chi connectivity index (χ1v) is 13.4. The van der Waals surface area contributed by atoms with Gasteiger partial charge in [-0.05, 0) is 104 Å². The maximum Gasteiger partial charge on any atom is 0.102 e. The number of hydrogen-bond donors (Lipinski definition) is 1. The maximum atomic E-state index is 11.7. The minimum Gasteiger partial charge on any atom is -0.393 e. The van der Waals surface area contributed by atoms with Gasteiger partial charge in [0.2, 0.25) is 0 Å². The Morgan fingerprint density at radius 1 is 1.24 bits per heavy atom. The lowest BCUT2D eigenvalue weighted by Crippen LogP contribution is -2.59. The lowest BCUT2D eigenvalue weighted by molar-refractivity contribution is -0.177. The smallest absolute Gasteiger partial charge is 0.102 e. The molecule has 0 radical (unpaired) electrons. The predicted octanol–water partition coefficient (Wildman–Crippen LogP) is 5.28. The number of aliphatic hydroxyl groups is 1. The summed E-state index contributed by atoms with van der Waals surface area (Å²) < 4.78 is 7.46. The van der Waals surface area contributed by atoms with E-state index in [0.717, 1.165) is 31.4 Å². The number of rotatable bonds is 5. The Bertz CT molecular complexity index is 892. The van der Waals surface area contributed by atoms with Crippen LogP contribution in [0.2, 0.25) is 0 Å². The molecule has 0 saturated heterocycles. The molecule has 10 atom stereocenters. The molecule has 1 aromatic heterocycles. The van der Waals surface area contributed by atoms with Crippen molar-refractivity contribution in [1.29, 1.82) is 5.26 Å². The third-order valence-electron chi connectivity index (χ3n) is 11.1. The van der Waals surface area contributed by atoms with E-state index in [2.05, 4.69) is 31.9 Å². The Hall–Kier alpha value is -1.38. The van der Waals surface area contributed by atoms with E-state index in [0.29, 0.717) is 40.6 Å². The van der Waals surface area contributed by atoms with Crippen LogP contribution in [0.3, 0.4) is 0 Å². The number of methoxy groups -OCH3 is 1. The molecule has 5 rings (SSSR count). The van der Waals surface area contributed by atoms with E-state index in [1.54, 1.807) is 6.20 Å². The highest BCUT2D eigenvalue weighted by Gasteiger charge is 2.63. The molecule has 0 aromatic carbocycles. The molecule has 0 spiro atoms. The minimum absolute atomic E-state index is 0.175. The van der Waals surface area contributed by atoms with E-state index in [1.807, 2.05) is 18.0 Å². The molecule has 0 amide bonds. The van der Waals surface area contributed by atoms with Gasteiger partial charge in [0.15, 0.2) is 0 Å². The van der Waals surface area contributed by atoms with Crippen molar-refractivity contribution in [1.82, 2.24) is 9.78 Å². The predicted molar refractivity (Wildman–Crippen MR) is 128 cm³/mol. The van der Waals surface area contributed by atoms with Gasteiger partial charge in [-0.15, -0.1) is 0 Å². The van der Waals surface area contributed by atoms with Gasteiger partial charge in [-0.25, -0.2) is 0 Å². The summed E-state index contributed by atoms with van der Waals surface area (Å²) in [6.45, 7) is 9.15. The van der Waals surface area contributed by atoms with Crippen LogP contribution < -0.4 is 0 Å². The van der Waals surface area contributed by atoms with Crippen LogP contribution in [-0.4, -0.2) is 34.7 Å². The number of aromatic nitrogens is 2. The van der Waals surface area contributed by atoms with Crippen LogP contribution in [0.25, 0.3) is 0 Å². The summed E-state index contributed by atoms with van der Waals surface area (Å²) >= 11 is 0. The van der Waals surface area contributed by atoms with Crippen molar-refractivity contribution in [3.63, 3.8) is 0 Å². The minimum atomic E-state index is -0.175. The van der Waals surface area contributed by atoms with Gasteiger partial charge in [-0.1, -0.05) is 20.8 Å². The molecule has 0 aliphatic heterocycles. The summed E-state index contributed by atoms with van der Waals surface area (Å²) in [5, 5.41) is 25.3. The molecule has 5 nitrogen and oxygen atoms in total. The molecule has 4 aliphatic carbocycles. The molecule has 5 heteroatoms. The Morgan fingerprint density at radius 2 is 2.06 bits per heavy atom. The Kier molecular flexibility index (Phi) is 6.15. The molecule has 1 aromatic rings. The molecule has 4 aliphatic rings. The number of nitriles is 1. The molecule has 33 heavy (non-hydrogen) atoms. The average Bonchev–Trinajstić information content (AvgIpc) is 3.37. The number of aliphatic hydroxyl groups excluding tert-OH is 1. The number of nitrogens with zero attached hydrogens (tertiary/aromatic N) is 3. The van der Waals surface area contributed by atoms with Crippen molar-refractivity contribution in [2.45, 2.75) is 84.8 Å². The van der Waals surface area contributed by atoms with Gasteiger partial charge in [0.1, 0.15) is 6.07 Å². The van der Waals surface area contributed by atoms with Crippen LogP contribution in [0.1, 0.15) is 77.7 Å². The van der Waals surface area contributed by atoms with Crippen molar-refractivity contribution >= 4 is 0 Å². The van der Waals surface area contributed by atoms with Crippen LogP contribution in [-0.2, 0) is 11.3 Å². The topological polar surface area (TPSA) is 71.1 Å². The van der Waals surface area contributed by atoms with Crippen molar-refractivity contribution in [3.8, 4) is 6.07 Å². The van der Waals surface area contributed by atoms with Gasteiger partial charge in [0.05, 0.1) is 17.9 Å². The second kappa shape index (κ2) is 8.68. The van der Waals surface area contributed by atoms with Crippen molar-refractivity contribution < 1.29 is 9.84 Å². The number of fused-ring (bicyclic) bond motifs is 5. The number of hydrogen-bond acceptors (Lipinski definition) is 4. The summed E-state index contributed by atoms with van der Waals surface area (Å²) in [4.78, 5) is 0. The molecule has 3 unspecified atom stereocenters. The monoisotopic (exact) mass is 453 g/mol. The molecule has 182 valence electrons. The highest BCUT2D eigenvalue weighted by molar-refractivity contribution is 5.21.